The van der Waals surface area contributed by atoms with Crippen molar-refractivity contribution in [2.24, 2.45) is 0 Å². The Morgan fingerprint density at radius 3 is 1.26 bits per heavy atom. The average molecular weight is 913 g/mol. The Morgan fingerprint density at radius 2 is 0.846 bits per heavy atom. The highest BCUT2D eigenvalue weighted by molar-refractivity contribution is 5.72. The minimum Gasteiger partial charge on any atom is -0.477 e. The highest BCUT2D eigenvalue weighted by atomic mass is 16.6. The number of carbonyl (C=O) groups excluding carboxylic acids is 2. The Hall–Kier alpha value is -2.97. The fraction of sp³-hybridized carbons (Fsp3) is 0.772. The third-order valence-corrected chi connectivity index (χ3v) is 12.0. The van der Waals surface area contributed by atoms with E-state index in [1.165, 1.54) is 135 Å². The summed E-state index contributed by atoms with van der Waals surface area (Å²) in [5, 5.41) is 9.66. The predicted octanol–water partition coefficient (Wildman–Crippen LogP) is 15.7. The molecule has 0 aliphatic carbocycles. The lowest BCUT2D eigenvalue weighted by molar-refractivity contribution is -0.887. The predicted molar refractivity (Wildman–Crippen MR) is 275 cm³/mol. The molecule has 0 heterocycles. The summed E-state index contributed by atoms with van der Waals surface area (Å²) >= 11 is 0. The molecule has 0 radical (unpaired) electrons. The summed E-state index contributed by atoms with van der Waals surface area (Å²) in [6.45, 7) is 4.65. The van der Waals surface area contributed by atoms with Gasteiger partial charge in [-0.15, -0.1) is 0 Å². The number of allylic oxidation sites excluding steroid dienone is 10. The second-order valence-corrected chi connectivity index (χ2v) is 19.3. The van der Waals surface area contributed by atoms with Crippen LogP contribution in [0.3, 0.4) is 0 Å². The lowest BCUT2D eigenvalue weighted by atomic mass is 10.0. The van der Waals surface area contributed by atoms with Crippen LogP contribution in [0, 0.1) is 0 Å². The molecule has 2 atom stereocenters. The number of carboxylic acids is 1. The molecule has 0 rings (SSSR count). The van der Waals surface area contributed by atoms with Crippen molar-refractivity contribution in [1.82, 2.24) is 0 Å². The SMILES string of the molecule is CCC/C=C/C=C/C=C/C=C/C=C/CCCCCCCC(=O)OCC(COCCC(C(=O)O)[N+](C)(C)C)OC(=O)CCCCCCCCCCCCCCCCCCCCCCCCC. The number of carboxylic acid groups (broad SMARTS) is 1. The molecule has 0 aliphatic rings. The van der Waals surface area contributed by atoms with Crippen molar-refractivity contribution in [3.05, 3.63) is 60.8 Å². The summed E-state index contributed by atoms with van der Waals surface area (Å²) in [6.07, 6.45) is 59.9. The first-order valence-corrected chi connectivity index (χ1v) is 26.9. The minimum atomic E-state index is -0.878. The van der Waals surface area contributed by atoms with Crippen LogP contribution >= 0.6 is 0 Å². The van der Waals surface area contributed by atoms with Crippen molar-refractivity contribution in [3.8, 4) is 0 Å². The molecule has 65 heavy (non-hydrogen) atoms. The lowest BCUT2D eigenvalue weighted by Crippen LogP contribution is -2.50. The molecule has 1 N–H and O–H groups in total. The highest BCUT2D eigenvalue weighted by Crippen LogP contribution is 2.17. The van der Waals surface area contributed by atoms with Crippen LogP contribution in [-0.4, -0.2) is 80.6 Å². The second-order valence-electron chi connectivity index (χ2n) is 19.3. The number of hydrogen-bond donors (Lipinski definition) is 1. The molecule has 0 saturated carbocycles. The van der Waals surface area contributed by atoms with Gasteiger partial charge in [-0.25, -0.2) is 4.79 Å². The number of esters is 2. The highest BCUT2D eigenvalue weighted by Gasteiger charge is 2.31. The lowest BCUT2D eigenvalue weighted by Gasteiger charge is -2.31. The zero-order valence-corrected chi connectivity index (χ0v) is 42.9. The number of rotatable bonds is 48. The maximum Gasteiger partial charge on any atom is 0.362 e. The summed E-state index contributed by atoms with van der Waals surface area (Å²) < 4.78 is 17.4. The molecule has 0 aromatic heterocycles. The van der Waals surface area contributed by atoms with Gasteiger partial charge < -0.3 is 23.8 Å². The van der Waals surface area contributed by atoms with Gasteiger partial charge in [-0.1, -0.05) is 242 Å². The number of likely N-dealkylation sites (N-methyl/N-ethyl adjacent to an activating group) is 1. The van der Waals surface area contributed by atoms with E-state index in [1.807, 2.05) is 57.6 Å². The van der Waals surface area contributed by atoms with E-state index in [9.17, 15) is 19.5 Å². The zero-order chi connectivity index (χ0) is 47.7. The van der Waals surface area contributed by atoms with Crippen LogP contribution in [0.1, 0.15) is 232 Å². The van der Waals surface area contributed by atoms with Crippen molar-refractivity contribution in [2.75, 3.05) is 41.0 Å². The number of carbonyl (C=O) groups is 3. The number of hydrogen-bond acceptors (Lipinski definition) is 6. The maximum absolute atomic E-state index is 12.8. The monoisotopic (exact) mass is 913 g/mol. The van der Waals surface area contributed by atoms with Crippen LogP contribution < -0.4 is 0 Å². The number of ether oxygens (including phenoxy) is 3. The van der Waals surface area contributed by atoms with E-state index in [-0.39, 0.29) is 36.2 Å². The first-order valence-electron chi connectivity index (χ1n) is 26.9. The molecule has 0 fully saturated rings. The van der Waals surface area contributed by atoms with Crippen molar-refractivity contribution >= 4 is 17.9 Å². The summed E-state index contributed by atoms with van der Waals surface area (Å²) in [7, 11) is 5.53. The van der Waals surface area contributed by atoms with Gasteiger partial charge >= 0.3 is 17.9 Å². The number of nitrogens with zero attached hydrogens (tertiary/aromatic N) is 1. The van der Waals surface area contributed by atoms with Crippen molar-refractivity contribution < 1.29 is 38.2 Å². The normalized spacial score (nSPS) is 13.3. The quantitative estimate of drug-likeness (QED) is 0.0281. The molecule has 8 nitrogen and oxygen atoms in total. The van der Waals surface area contributed by atoms with Crippen LogP contribution in [0.25, 0.3) is 0 Å². The van der Waals surface area contributed by atoms with E-state index in [0.29, 0.717) is 19.3 Å². The Kier molecular flexibility index (Phi) is 45.3. The molecule has 2 unspecified atom stereocenters. The van der Waals surface area contributed by atoms with Gasteiger partial charge in [0.15, 0.2) is 12.1 Å². The molecule has 0 saturated heterocycles. The molecule has 0 spiro atoms. The summed E-state index contributed by atoms with van der Waals surface area (Å²) in [4.78, 5) is 37.2. The Balaban J connectivity index is 4.23. The van der Waals surface area contributed by atoms with E-state index < -0.39 is 18.1 Å². The van der Waals surface area contributed by atoms with Crippen LogP contribution in [0.2, 0.25) is 0 Å². The van der Waals surface area contributed by atoms with E-state index in [2.05, 4.69) is 38.2 Å². The van der Waals surface area contributed by atoms with Crippen LogP contribution in [0.15, 0.2) is 60.8 Å². The third kappa shape index (κ3) is 46.0. The van der Waals surface area contributed by atoms with Gasteiger partial charge in [-0.05, 0) is 32.1 Å². The largest absolute Gasteiger partial charge is 0.477 e. The number of aliphatic carboxylic acids is 1. The Labute approximate surface area is 400 Å². The zero-order valence-electron chi connectivity index (χ0n) is 42.9. The summed E-state index contributed by atoms with van der Waals surface area (Å²) in [5.74, 6) is -1.49. The Bertz CT molecular complexity index is 1250. The molecule has 0 aromatic carbocycles. The number of unbranched alkanes of at least 4 members (excludes halogenated alkanes) is 28. The van der Waals surface area contributed by atoms with Gasteiger partial charge in [0.2, 0.25) is 0 Å². The minimum absolute atomic E-state index is 0.0528. The fourth-order valence-corrected chi connectivity index (χ4v) is 7.89. The van der Waals surface area contributed by atoms with Crippen LogP contribution in [-0.2, 0) is 28.6 Å². The van der Waals surface area contributed by atoms with Crippen molar-refractivity contribution in [3.63, 3.8) is 0 Å². The smallest absolute Gasteiger partial charge is 0.362 e. The van der Waals surface area contributed by atoms with Gasteiger partial charge in [0.25, 0.3) is 0 Å². The standard InChI is InChI=1S/C57H101NO7/c1-6-8-10-12-14-16-18-20-22-24-26-27-28-29-30-32-34-36-38-40-42-44-46-48-56(60)65-53(51-63-50-49-54(57(61)62)58(3,4)5)52-64-55(59)47-45-43-41-39-37-35-33-31-25-23-21-19-17-15-13-11-9-7-2/h11,13,15,17,19,21,23,25,31,33,53-54H,6-10,12,14,16,18,20,22,24,26-30,32,34-52H2,1-5H3/p+1/b13-11+,17-15+,21-19+,25-23+,33-31+. The molecule has 0 aromatic rings. The van der Waals surface area contributed by atoms with Crippen molar-refractivity contribution in [2.45, 2.75) is 244 Å². The topological polar surface area (TPSA) is 99.1 Å². The summed E-state index contributed by atoms with van der Waals surface area (Å²) in [6, 6.07) is -0.621. The molecule has 0 amide bonds. The van der Waals surface area contributed by atoms with Gasteiger partial charge in [0.1, 0.15) is 6.61 Å². The third-order valence-electron chi connectivity index (χ3n) is 12.0. The van der Waals surface area contributed by atoms with Gasteiger partial charge in [-0.3, -0.25) is 9.59 Å². The van der Waals surface area contributed by atoms with Gasteiger partial charge in [0.05, 0.1) is 34.4 Å². The van der Waals surface area contributed by atoms with E-state index in [0.717, 1.165) is 64.2 Å². The fourth-order valence-electron chi connectivity index (χ4n) is 7.89. The van der Waals surface area contributed by atoms with Crippen LogP contribution in [0.5, 0.6) is 0 Å². The summed E-state index contributed by atoms with van der Waals surface area (Å²) in [5.41, 5.74) is 0. The maximum atomic E-state index is 12.8. The van der Waals surface area contributed by atoms with E-state index >= 15 is 0 Å². The molecular weight excluding hydrogens is 811 g/mol. The van der Waals surface area contributed by atoms with Gasteiger partial charge in [0, 0.05) is 19.3 Å². The molecular formula is C57H102NO7+. The first kappa shape index (κ1) is 62.0. The second kappa shape index (κ2) is 47.5. The van der Waals surface area contributed by atoms with E-state index in [4.69, 9.17) is 14.2 Å². The average Bonchev–Trinajstić information content (AvgIpc) is 3.27. The molecule has 0 bridgehead atoms. The Morgan fingerprint density at radius 1 is 0.462 bits per heavy atom. The van der Waals surface area contributed by atoms with Gasteiger partial charge in [-0.2, -0.15) is 0 Å². The molecule has 376 valence electrons. The molecule has 8 heteroatoms. The first-order chi connectivity index (χ1) is 31.6. The van der Waals surface area contributed by atoms with Crippen LogP contribution in [0.4, 0.5) is 0 Å². The van der Waals surface area contributed by atoms with Crippen molar-refractivity contribution in [1.29, 1.82) is 0 Å². The number of quaternary nitrogens is 1. The molecule has 0 aliphatic heterocycles. The van der Waals surface area contributed by atoms with E-state index in [1.54, 1.807) is 0 Å².